The highest BCUT2D eigenvalue weighted by Crippen LogP contribution is 2.21. The topological polar surface area (TPSA) is 38.6 Å². The second-order valence-corrected chi connectivity index (χ2v) is 4.95. The van der Waals surface area contributed by atoms with E-state index in [2.05, 4.69) is 20.9 Å². The number of nitrogens with zero attached hydrogens (tertiary/aromatic N) is 2. The number of hydrogen-bond donors (Lipinski definition) is 1. The number of imidazole rings is 1. The van der Waals surface area contributed by atoms with Crippen molar-refractivity contribution in [2.24, 2.45) is 0 Å². The van der Waals surface area contributed by atoms with Crippen LogP contribution >= 0.6 is 0 Å². The van der Waals surface area contributed by atoms with Gasteiger partial charge in [-0.15, -0.1) is 0 Å². The summed E-state index contributed by atoms with van der Waals surface area (Å²) in [5, 5.41) is 3.57. The van der Waals surface area contributed by atoms with Gasteiger partial charge in [-0.25, -0.2) is 4.98 Å². The van der Waals surface area contributed by atoms with Crippen LogP contribution in [0.3, 0.4) is 0 Å². The van der Waals surface area contributed by atoms with E-state index in [9.17, 15) is 0 Å². The predicted molar refractivity (Wildman–Crippen MR) is 70.5 cm³/mol. The van der Waals surface area contributed by atoms with E-state index in [1.165, 1.54) is 12.8 Å². The minimum Gasteiger partial charge on any atom is -0.381 e. The normalized spacial score (nSPS) is 23.8. The fourth-order valence-electron chi connectivity index (χ4n) is 2.66. The van der Waals surface area contributed by atoms with Gasteiger partial charge in [0.2, 0.25) is 0 Å². The average molecular weight is 245 g/mol. The van der Waals surface area contributed by atoms with E-state index in [1.807, 2.05) is 24.4 Å². The van der Waals surface area contributed by atoms with Crippen LogP contribution in [0.4, 0.5) is 0 Å². The number of nitrogens with one attached hydrogen (secondary N) is 1. The molecule has 1 fully saturated rings. The van der Waals surface area contributed by atoms with Crippen molar-refractivity contribution in [2.75, 3.05) is 7.11 Å². The molecule has 0 radical (unpaired) electrons. The number of ether oxygens (including phenoxy) is 1. The van der Waals surface area contributed by atoms with Gasteiger partial charge in [-0.3, -0.25) is 0 Å². The summed E-state index contributed by atoms with van der Waals surface area (Å²) in [6.07, 6.45) is 8.03. The molecule has 2 heterocycles. The summed E-state index contributed by atoms with van der Waals surface area (Å²) in [5.74, 6) is 0. The van der Waals surface area contributed by atoms with Crippen LogP contribution in [0.5, 0.6) is 0 Å². The maximum Gasteiger partial charge on any atom is 0.137 e. The lowest BCUT2D eigenvalue weighted by atomic mass is 10.2. The van der Waals surface area contributed by atoms with Crippen LogP contribution in [0.1, 0.15) is 25.0 Å². The van der Waals surface area contributed by atoms with Gasteiger partial charge in [-0.2, -0.15) is 0 Å². The molecular formula is C14H19N3O. The third kappa shape index (κ3) is 2.40. The Kier molecular flexibility index (Phi) is 3.30. The Morgan fingerprint density at radius 2 is 2.39 bits per heavy atom. The number of methoxy groups -OCH3 is 1. The van der Waals surface area contributed by atoms with Crippen LogP contribution in [-0.2, 0) is 11.3 Å². The molecule has 1 aliphatic rings. The molecule has 0 aromatic carbocycles. The van der Waals surface area contributed by atoms with Gasteiger partial charge in [0.15, 0.2) is 0 Å². The van der Waals surface area contributed by atoms with E-state index in [1.54, 1.807) is 7.11 Å². The van der Waals surface area contributed by atoms with E-state index in [0.29, 0.717) is 12.1 Å². The van der Waals surface area contributed by atoms with Gasteiger partial charge in [-0.1, -0.05) is 6.07 Å². The van der Waals surface area contributed by atoms with Crippen molar-refractivity contribution in [1.82, 2.24) is 14.7 Å². The van der Waals surface area contributed by atoms with Crippen molar-refractivity contribution in [1.29, 1.82) is 0 Å². The molecule has 1 saturated carbocycles. The van der Waals surface area contributed by atoms with E-state index < -0.39 is 0 Å². The first-order valence-electron chi connectivity index (χ1n) is 6.54. The lowest BCUT2D eigenvalue weighted by Crippen LogP contribution is -2.26. The second-order valence-electron chi connectivity index (χ2n) is 4.95. The molecule has 2 aromatic rings. The van der Waals surface area contributed by atoms with Crippen LogP contribution < -0.4 is 5.32 Å². The number of aromatic nitrogens is 2. The first-order valence-corrected chi connectivity index (χ1v) is 6.54. The summed E-state index contributed by atoms with van der Waals surface area (Å²) in [6.45, 7) is 0.836. The summed E-state index contributed by atoms with van der Waals surface area (Å²) in [4.78, 5) is 4.58. The van der Waals surface area contributed by atoms with E-state index in [0.717, 1.165) is 24.3 Å². The Bertz CT molecular complexity index is 489. The molecule has 4 nitrogen and oxygen atoms in total. The average Bonchev–Trinajstić information content (AvgIpc) is 3.02. The summed E-state index contributed by atoms with van der Waals surface area (Å²) >= 11 is 0. The lowest BCUT2D eigenvalue weighted by molar-refractivity contribution is 0.107. The van der Waals surface area contributed by atoms with Gasteiger partial charge in [0.05, 0.1) is 11.8 Å². The zero-order chi connectivity index (χ0) is 12.4. The first kappa shape index (κ1) is 11.7. The molecule has 0 aliphatic heterocycles. The highest BCUT2D eigenvalue weighted by atomic mass is 16.5. The molecule has 0 saturated heterocycles. The third-order valence-electron chi connectivity index (χ3n) is 3.70. The van der Waals surface area contributed by atoms with Gasteiger partial charge in [0.25, 0.3) is 0 Å². The molecule has 1 aliphatic carbocycles. The molecule has 4 heteroatoms. The predicted octanol–water partition coefficient (Wildman–Crippen LogP) is 1.99. The van der Waals surface area contributed by atoms with Gasteiger partial charge < -0.3 is 14.5 Å². The monoisotopic (exact) mass is 245 g/mol. The van der Waals surface area contributed by atoms with Crippen LogP contribution in [0.25, 0.3) is 5.65 Å². The minimum atomic E-state index is 0.434. The van der Waals surface area contributed by atoms with Crippen LogP contribution in [-0.4, -0.2) is 28.6 Å². The smallest absolute Gasteiger partial charge is 0.137 e. The molecule has 96 valence electrons. The first-order chi connectivity index (χ1) is 8.85. The van der Waals surface area contributed by atoms with E-state index in [4.69, 9.17) is 4.74 Å². The highest BCUT2D eigenvalue weighted by molar-refractivity contribution is 5.39. The molecule has 2 unspecified atom stereocenters. The quantitative estimate of drug-likeness (QED) is 0.895. The molecule has 0 amide bonds. The molecular weight excluding hydrogens is 226 g/mol. The largest absolute Gasteiger partial charge is 0.381 e. The third-order valence-corrected chi connectivity index (χ3v) is 3.70. The minimum absolute atomic E-state index is 0.434. The lowest BCUT2D eigenvalue weighted by Gasteiger charge is -2.11. The molecule has 0 spiro atoms. The summed E-state index contributed by atoms with van der Waals surface area (Å²) in [6, 6.07) is 6.63. The van der Waals surface area contributed by atoms with Crippen LogP contribution in [0, 0.1) is 0 Å². The second kappa shape index (κ2) is 5.08. The molecule has 1 N–H and O–H groups in total. The van der Waals surface area contributed by atoms with Crippen molar-refractivity contribution in [3.05, 3.63) is 36.3 Å². The standard InChI is InChI=1S/C14H19N3O/c1-18-13-6-5-11(8-13)15-9-12-10-17-7-3-2-4-14(17)16-12/h2-4,7,10-11,13,15H,5-6,8-9H2,1H3. The van der Waals surface area contributed by atoms with Crippen molar-refractivity contribution < 1.29 is 4.74 Å². The fraction of sp³-hybridized carbons (Fsp3) is 0.500. The Morgan fingerprint density at radius 1 is 1.44 bits per heavy atom. The van der Waals surface area contributed by atoms with Crippen LogP contribution in [0.15, 0.2) is 30.6 Å². The Morgan fingerprint density at radius 3 is 3.17 bits per heavy atom. The molecule has 2 atom stereocenters. The molecule has 0 bridgehead atoms. The SMILES string of the molecule is COC1CCC(NCc2cn3ccccc3n2)C1. The van der Waals surface area contributed by atoms with Crippen molar-refractivity contribution in [3.8, 4) is 0 Å². The fourth-order valence-corrected chi connectivity index (χ4v) is 2.66. The number of fused-ring (bicyclic) bond motifs is 1. The number of rotatable bonds is 4. The number of hydrogen-bond acceptors (Lipinski definition) is 3. The highest BCUT2D eigenvalue weighted by Gasteiger charge is 2.23. The maximum absolute atomic E-state index is 5.38. The zero-order valence-electron chi connectivity index (χ0n) is 10.7. The Labute approximate surface area is 107 Å². The van der Waals surface area contributed by atoms with Gasteiger partial charge in [-0.05, 0) is 31.4 Å². The van der Waals surface area contributed by atoms with Gasteiger partial charge >= 0.3 is 0 Å². The molecule has 3 rings (SSSR count). The van der Waals surface area contributed by atoms with Gasteiger partial charge in [0, 0.05) is 32.1 Å². The summed E-state index contributed by atoms with van der Waals surface area (Å²) in [5.41, 5.74) is 2.11. The van der Waals surface area contributed by atoms with Crippen molar-refractivity contribution in [3.63, 3.8) is 0 Å². The maximum atomic E-state index is 5.38. The number of pyridine rings is 1. The Hall–Kier alpha value is -1.39. The summed E-state index contributed by atoms with van der Waals surface area (Å²) < 4.78 is 7.44. The van der Waals surface area contributed by atoms with Crippen molar-refractivity contribution in [2.45, 2.75) is 38.0 Å². The molecule has 18 heavy (non-hydrogen) atoms. The van der Waals surface area contributed by atoms with E-state index >= 15 is 0 Å². The van der Waals surface area contributed by atoms with Crippen molar-refractivity contribution >= 4 is 5.65 Å². The molecule has 2 aromatic heterocycles. The summed E-state index contributed by atoms with van der Waals surface area (Å²) in [7, 11) is 1.80. The van der Waals surface area contributed by atoms with Crippen LogP contribution in [0.2, 0.25) is 0 Å². The van der Waals surface area contributed by atoms with E-state index in [-0.39, 0.29) is 0 Å². The Balaban J connectivity index is 1.60. The van der Waals surface area contributed by atoms with Gasteiger partial charge in [0.1, 0.15) is 5.65 Å². The zero-order valence-corrected chi connectivity index (χ0v) is 10.7.